The van der Waals surface area contributed by atoms with Gasteiger partial charge in [-0.25, -0.2) is 0 Å². The van der Waals surface area contributed by atoms with Crippen LogP contribution in [0.1, 0.15) is 21.5 Å². The van der Waals surface area contributed by atoms with E-state index in [9.17, 15) is 20.1 Å². The van der Waals surface area contributed by atoms with Crippen LogP contribution in [0.3, 0.4) is 0 Å². The molecule has 0 saturated carbocycles. The molecule has 0 aromatic heterocycles. The van der Waals surface area contributed by atoms with Crippen molar-refractivity contribution in [3.05, 3.63) is 63.1 Å². The molecule has 0 bridgehead atoms. The smallest absolute Gasteiger partial charge is 0.252 e. The topological polar surface area (TPSA) is 117 Å². The second kappa shape index (κ2) is 10.8. The van der Waals surface area contributed by atoms with Crippen LogP contribution in [0.4, 0.5) is 0 Å². The van der Waals surface area contributed by atoms with Gasteiger partial charge in [-0.3, -0.25) is 4.79 Å². The molecule has 0 unspecified atom stereocenters. The molecule has 5 atom stereocenters. The van der Waals surface area contributed by atoms with E-state index in [1.165, 1.54) is 13.2 Å². The molecule has 32 heavy (non-hydrogen) atoms. The number of rotatable bonds is 7. The summed E-state index contributed by atoms with van der Waals surface area (Å²) in [6, 6.07) is 9.78. The Hall–Kier alpha value is -1.91. The Balaban J connectivity index is 1.79. The first kappa shape index (κ1) is 24.7. The van der Waals surface area contributed by atoms with Crippen molar-refractivity contribution in [3.63, 3.8) is 0 Å². The Labute approximate surface area is 195 Å². The van der Waals surface area contributed by atoms with Crippen LogP contribution in [0.25, 0.3) is 0 Å². The Morgan fingerprint density at radius 2 is 1.88 bits per heavy atom. The fraction of sp³-hybridized carbons (Fsp3) is 0.409. The van der Waals surface area contributed by atoms with Crippen molar-refractivity contribution in [2.24, 2.45) is 0 Å². The van der Waals surface area contributed by atoms with Crippen LogP contribution in [-0.4, -0.2) is 65.6 Å². The Morgan fingerprint density at radius 3 is 2.50 bits per heavy atom. The van der Waals surface area contributed by atoms with Crippen LogP contribution in [0.5, 0.6) is 5.75 Å². The second-order valence-electron chi connectivity index (χ2n) is 7.39. The molecule has 0 radical (unpaired) electrons. The Morgan fingerprint density at radius 1 is 1.19 bits per heavy atom. The molecule has 174 valence electrons. The Kier molecular flexibility index (Phi) is 8.35. The first-order chi connectivity index (χ1) is 15.3. The van der Waals surface area contributed by atoms with E-state index in [1.54, 1.807) is 6.92 Å². The first-order valence-corrected chi connectivity index (χ1v) is 10.7. The number of carbonyl (C=O) groups excluding carboxylic acids is 1. The van der Waals surface area contributed by atoms with E-state index in [4.69, 9.17) is 37.4 Å². The average Bonchev–Trinajstić information content (AvgIpc) is 2.80. The van der Waals surface area contributed by atoms with Crippen molar-refractivity contribution in [1.82, 2.24) is 5.32 Å². The summed E-state index contributed by atoms with van der Waals surface area (Å²) in [5.74, 6) is -0.353. The zero-order valence-corrected chi connectivity index (χ0v) is 19.0. The lowest BCUT2D eigenvalue weighted by atomic mass is 9.96. The number of aliphatic hydroxyl groups is 3. The SMILES string of the molecule is CO[C@@H]1O[C@H](CO)[C@@H](O)[C@H](O)[C@H]1NC(=O)c1cc(Cl)c(OCc2ccccc2)c(Cl)c1C. The summed E-state index contributed by atoms with van der Waals surface area (Å²) in [6.45, 7) is 1.37. The van der Waals surface area contributed by atoms with E-state index >= 15 is 0 Å². The highest BCUT2D eigenvalue weighted by Crippen LogP contribution is 2.38. The number of aliphatic hydroxyl groups excluding tert-OH is 3. The summed E-state index contributed by atoms with van der Waals surface area (Å²) in [5, 5.41) is 32.8. The minimum absolute atomic E-state index is 0.144. The predicted molar refractivity (Wildman–Crippen MR) is 118 cm³/mol. The van der Waals surface area contributed by atoms with Crippen LogP contribution in [0.15, 0.2) is 36.4 Å². The molecule has 2 aromatic rings. The summed E-state index contributed by atoms with van der Waals surface area (Å²) in [4.78, 5) is 13.0. The Bertz CT molecular complexity index is 942. The molecular weight excluding hydrogens is 461 g/mol. The zero-order chi connectivity index (χ0) is 23.4. The number of halogens is 2. The molecule has 1 saturated heterocycles. The minimum Gasteiger partial charge on any atom is -0.486 e. The highest BCUT2D eigenvalue weighted by molar-refractivity contribution is 6.38. The number of methoxy groups -OCH3 is 1. The molecule has 4 N–H and O–H groups in total. The van der Waals surface area contributed by atoms with E-state index in [-0.39, 0.29) is 28.0 Å². The molecular formula is C22H25Cl2NO7. The van der Waals surface area contributed by atoms with Crippen LogP contribution >= 0.6 is 23.2 Å². The first-order valence-electron chi connectivity index (χ1n) is 9.89. The summed E-state index contributed by atoms with van der Waals surface area (Å²) >= 11 is 12.8. The van der Waals surface area contributed by atoms with Gasteiger partial charge in [-0.05, 0) is 24.1 Å². The van der Waals surface area contributed by atoms with Gasteiger partial charge in [0.1, 0.15) is 31.0 Å². The van der Waals surface area contributed by atoms with Gasteiger partial charge in [0, 0.05) is 12.7 Å². The zero-order valence-electron chi connectivity index (χ0n) is 17.5. The average molecular weight is 486 g/mol. The molecule has 0 aliphatic carbocycles. The molecule has 1 amide bonds. The van der Waals surface area contributed by atoms with E-state index in [0.717, 1.165) is 5.56 Å². The third-order valence-corrected chi connectivity index (χ3v) is 6.04. The van der Waals surface area contributed by atoms with Crippen LogP contribution in [0, 0.1) is 6.92 Å². The predicted octanol–water partition coefficient (Wildman–Crippen LogP) is 2.06. The van der Waals surface area contributed by atoms with Crippen molar-refractivity contribution in [2.45, 2.75) is 44.2 Å². The lowest BCUT2D eigenvalue weighted by molar-refractivity contribution is -0.261. The normalized spacial score (nSPS) is 25.4. The summed E-state index contributed by atoms with van der Waals surface area (Å²) < 4.78 is 16.4. The van der Waals surface area contributed by atoms with Crippen LogP contribution in [-0.2, 0) is 16.1 Å². The van der Waals surface area contributed by atoms with E-state index < -0.39 is 43.2 Å². The van der Waals surface area contributed by atoms with Gasteiger partial charge in [0.25, 0.3) is 5.91 Å². The van der Waals surface area contributed by atoms with Gasteiger partial charge >= 0.3 is 0 Å². The molecule has 1 aliphatic rings. The van der Waals surface area contributed by atoms with Gasteiger partial charge in [0.15, 0.2) is 12.0 Å². The van der Waals surface area contributed by atoms with Crippen molar-refractivity contribution in [3.8, 4) is 5.75 Å². The number of carbonyl (C=O) groups is 1. The van der Waals surface area contributed by atoms with Gasteiger partial charge in [-0.15, -0.1) is 0 Å². The summed E-state index contributed by atoms with van der Waals surface area (Å²) in [6.07, 6.45) is -4.99. The number of ether oxygens (including phenoxy) is 3. The molecule has 10 heteroatoms. The third kappa shape index (κ3) is 5.18. The third-order valence-electron chi connectivity index (χ3n) is 5.30. The second-order valence-corrected chi connectivity index (χ2v) is 8.18. The maximum Gasteiger partial charge on any atom is 0.252 e. The molecule has 0 spiro atoms. The van der Waals surface area contributed by atoms with Gasteiger partial charge in [-0.1, -0.05) is 53.5 Å². The fourth-order valence-corrected chi connectivity index (χ4v) is 4.02. The van der Waals surface area contributed by atoms with Crippen LogP contribution in [0.2, 0.25) is 10.0 Å². The number of benzene rings is 2. The van der Waals surface area contributed by atoms with Gasteiger partial charge in [0.2, 0.25) is 0 Å². The molecule has 8 nitrogen and oxygen atoms in total. The van der Waals surface area contributed by atoms with Gasteiger partial charge in [-0.2, -0.15) is 0 Å². The van der Waals surface area contributed by atoms with E-state index in [2.05, 4.69) is 5.32 Å². The summed E-state index contributed by atoms with van der Waals surface area (Å²) in [7, 11) is 1.32. The molecule has 1 aliphatic heterocycles. The number of hydrogen-bond donors (Lipinski definition) is 4. The van der Waals surface area contributed by atoms with Crippen LogP contribution < -0.4 is 10.1 Å². The fourth-order valence-electron chi connectivity index (χ4n) is 3.46. The van der Waals surface area contributed by atoms with Gasteiger partial charge < -0.3 is 34.8 Å². The minimum atomic E-state index is -1.44. The van der Waals surface area contributed by atoms with E-state index in [1.807, 2.05) is 30.3 Å². The monoisotopic (exact) mass is 485 g/mol. The lowest BCUT2D eigenvalue weighted by Crippen LogP contribution is -2.64. The number of hydrogen-bond acceptors (Lipinski definition) is 7. The van der Waals surface area contributed by atoms with Crippen molar-refractivity contribution in [2.75, 3.05) is 13.7 Å². The molecule has 2 aromatic carbocycles. The van der Waals surface area contributed by atoms with Gasteiger partial charge in [0.05, 0.1) is 16.7 Å². The number of nitrogens with one attached hydrogen (secondary N) is 1. The quantitative estimate of drug-likeness (QED) is 0.474. The van der Waals surface area contributed by atoms with E-state index in [0.29, 0.717) is 5.56 Å². The maximum absolute atomic E-state index is 13.0. The molecule has 3 rings (SSSR count). The van der Waals surface area contributed by atoms with Crippen molar-refractivity contribution in [1.29, 1.82) is 0 Å². The largest absolute Gasteiger partial charge is 0.486 e. The lowest BCUT2D eigenvalue weighted by Gasteiger charge is -2.41. The highest BCUT2D eigenvalue weighted by atomic mass is 35.5. The van der Waals surface area contributed by atoms with Crippen molar-refractivity contribution < 1.29 is 34.3 Å². The molecule has 1 fully saturated rings. The standard InChI is InChI=1S/C22H25Cl2NO7/c1-11-13(8-14(23)20(16(11)24)31-10-12-6-4-3-5-7-12)21(29)25-17-19(28)18(27)15(9-26)32-22(17)30-2/h3-8,15,17-19,22,26-28H,9-10H2,1-2H3,(H,25,29)/t15-,17-,18-,19-,22-/m1/s1. The maximum atomic E-state index is 13.0. The molecule has 1 heterocycles. The number of amides is 1. The van der Waals surface area contributed by atoms with Crippen molar-refractivity contribution >= 4 is 29.1 Å². The summed E-state index contributed by atoms with van der Waals surface area (Å²) in [5.41, 5.74) is 1.51. The highest BCUT2D eigenvalue weighted by Gasteiger charge is 2.45.